The van der Waals surface area contributed by atoms with E-state index in [2.05, 4.69) is 15.5 Å². The molecule has 0 unspecified atom stereocenters. The molecule has 5 aromatic rings. The summed E-state index contributed by atoms with van der Waals surface area (Å²) in [5, 5.41) is 19.1. The zero-order valence-electron chi connectivity index (χ0n) is 22.0. The summed E-state index contributed by atoms with van der Waals surface area (Å²) in [7, 11) is 0. The predicted molar refractivity (Wildman–Crippen MR) is 157 cm³/mol. The van der Waals surface area contributed by atoms with Crippen LogP contribution in [0.3, 0.4) is 0 Å². The van der Waals surface area contributed by atoms with E-state index in [9.17, 15) is 14.7 Å². The van der Waals surface area contributed by atoms with Gasteiger partial charge >= 0.3 is 11.9 Å². The molecule has 0 bridgehead atoms. The number of rotatable bonds is 9. The third-order valence-electron chi connectivity index (χ3n) is 6.69. The van der Waals surface area contributed by atoms with Gasteiger partial charge in [0, 0.05) is 5.38 Å². The number of ether oxygens (including phenoxy) is 2. The summed E-state index contributed by atoms with van der Waals surface area (Å²) in [5.41, 5.74) is 1.68. The van der Waals surface area contributed by atoms with Gasteiger partial charge in [-0.25, -0.2) is 14.6 Å². The van der Waals surface area contributed by atoms with E-state index in [1.54, 1.807) is 11.4 Å². The van der Waals surface area contributed by atoms with Gasteiger partial charge in [-0.15, -0.1) is 11.3 Å². The fourth-order valence-corrected chi connectivity index (χ4v) is 5.49. The average molecular weight is 578 g/mol. The molecular formula is C32H23N3O6S. The number of oxime groups is 1. The molecule has 1 aliphatic rings. The monoisotopic (exact) mass is 577 g/mol. The number of carbonyl (C=O) groups excluding carboxylic acids is 1. The molecule has 2 N–H and O–H groups in total. The molecule has 1 aromatic heterocycles. The van der Waals surface area contributed by atoms with E-state index in [4.69, 9.17) is 14.3 Å². The van der Waals surface area contributed by atoms with Crippen LogP contribution in [0, 0.1) is 0 Å². The van der Waals surface area contributed by atoms with Gasteiger partial charge in [0.05, 0.1) is 5.56 Å². The van der Waals surface area contributed by atoms with Crippen LogP contribution in [0.1, 0.15) is 32.7 Å². The van der Waals surface area contributed by atoms with Gasteiger partial charge in [-0.1, -0.05) is 96.2 Å². The van der Waals surface area contributed by atoms with Crippen molar-refractivity contribution in [1.29, 1.82) is 0 Å². The van der Waals surface area contributed by atoms with E-state index < -0.39 is 23.2 Å². The molecule has 0 amide bonds. The second kappa shape index (κ2) is 11.6. The smallest absolute Gasteiger partial charge is 0.365 e. The lowest BCUT2D eigenvalue weighted by atomic mass is 9.77. The number of thiazole rings is 1. The maximum Gasteiger partial charge on any atom is 0.365 e. The highest BCUT2D eigenvalue weighted by molar-refractivity contribution is 7.14. The topological polar surface area (TPSA) is 119 Å². The number of nitrogens with zero attached hydrogens (tertiary/aromatic N) is 2. The number of anilines is 1. The van der Waals surface area contributed by atoms with Crippen LogP contribution in [-0.2, 0) is 15.2 Å². The van der Waals surface area contributed by atoms with Crippen LogP contribution < -0.4 is 14.8 Å². The van der Waals surface area contributed by atoms with Crippen molar-refractivity contribution in [2.45, 2.75) is 5.54 Å². The number of fused-ring (bicyclic) bond motifs is 1. The van der Waals surface area contributed by atoms with E-state index in [0.29, 0.717) is 16.6 Å². The van der Waals surface area contributed by atoms with E-state index in [0.717, 1.165) is 16.7 Å². The van der Waals surface area contributed by atoms with Crippen molar-refractivity contribution < 1.29 is 29.0 Å². The normalized spacial score (nSPS) is 12.5. The first-order chi connectivity index (χ1) is 20.5. The summed E-state index contributed by atoms with van der Waals surface area (Å²) in [6.07, 6.45) is 0. The highest BCUT2D eigenvalue weighted by Crippen LogP contribution is 2.40. The van der Waals surface area contributed by atoms with E-state index in [1.165, 1.54) is 23.5 Å². The Balaban J connectivity index is 1.34. The summed E-state index contributed by atoms with van der Waals surface area (Å²) in [4.78, 5) is 34.3. The van der Waals surface area contributed by atoms with Crippen LogP contribution in [-0.4, -0.2) is 34.5 Å². The molecule has 0 aliphatic carbocycles. The molecule has 10 heteroatoms. The maximum absolute atomic E-state index is 12.6. The largest absolute Gasteiger partial charge is 0.476 e. The SMILES string of the molecule is O=C(O)/C(=N/OC(=O)c1ccc2c(c1)OCO2)c1csc(NC(c2ccccc2)(c2ccccc2)c2ccccc2)n1. The van der Waals surface area contributed by atoms with Gasteiger partial charge in [0.1, 0.15) is 11.2 Å². The van der Waals surface area contributed by atoms with Crippen molar-refractivity contribution in [3.63, 3.8) is 0 Å². The Hall–Kier alpha value is -5.48. The summed E-state index contributed by atoms with van der Waals surface area (Å²) in [6.45, 7) is 0.0510. The predicted octanol–water partition coefficient (Wildman–Crippen LogP) is 5.92. The molecule has 0 saturated carbocycles. The van der Waals surface area contributed by atoms with Gasteiger partial charge in [-0.2, -0.15) is 0 Å². The average Bonchev–Trinajstić information content (AvgIpc) is 3.70. The molecule has 42 heavy (non-hydrogen) atoms. The first kappa shape index (κ1) is 26.7. The lowest BCUT2D eigenvalue weighted by Crippen LogP contribution is -2.38. The summed E-state index contributed by atoms with van der Waals surface area (Å²) in [5.74, 6) is -1.36. The molecule has 6 rings (SSSR count). The number of carboxylic acids is 1. The first-order valence-corrected chi connectivity index (χ1v) is 13.8. The Bertz CT molecular complexity index is 1660. The van der Waals surface area contributed by atoms with Crippen molar-refractivity contribution in [2.24, 2.45) is 5.16 Å². The molecule has 0 radical (unpaired) electrons. The number of carbonyl (C=O) groups is 2. The zero-order valence-corrected chi connectivity index (χ0v) is 22.8. The minimum Gasteiger partial charge on any atom is -0.476 e. The molecule has 1 aliphatic heterocycles. The van der Waals surface area contributed by atoms with Crippen LogP contribution in [0.15, 0.2) is 120 Å². The molecule has 0 spiro atoms. The van der Waals surface area contributed by atoms with Crippen LogP contribution in [0.4, 0.5) is 5.13 Å². The van der Waals surface area contributed by atoms with Crippen LogP contribution in [0.5, 0.6) is 11.5 Å². The Labute approximate surface area is 244 Å². The molecular weight excluding hydrogens is 554 g/mol. The number of aromatic nitrogens is 1. The highest BCUT2D eigenvalue weighted by atomic mass is 32.1. The highest BCUT2D eigenvalue weighted by Gasteiger charge is 2.37. The van der Waals surface area contributed by atoms with Crippen molar-refractivity contribution in [1.82, 2.24) is 4.98 Å². The summed E-state index contributed by atoms with van der Waals surface area (Å²) < 4.78 is 10.5. The van der Waals surface area contributed by atoms with Crippen LogP contribution in [0.2, 0.25) is 0 Å². The fraction of sp³-hybridized carbons (Fsp3) is 0.0625. The number of hydrogen-bond donors (Lipinski definition) is 2. The lowest BCUT2D eigenvalue weighted by Gasteiger charge is -2.36. The second-order valence-electron chi connectivity index (χ2n) is 9.20. The minimum atomic E-state index is -1.40. The van der Waals surface area contributed by atoms with Gasteiger partial charge in [0.2, 0.25) is 12.5 Å². The van der Waals surface area contributed by atoms with Gasteiger partial charge in [-0.05, 0) is 34.9 Å². The Morgan fingerprint density at radius 3 is 1.98 bits per heavy atom. The summed E-state index contributed by atoms with van der Waals surface area (Å²) >= 11 is 1.21. The molecule has 0 saturated heterocycles. The van der Waals surface area contributed by atoms with E-state index in [-0.39, 0.29) is 18.1 Å². The number of benzene rings is 4. The maximum atomic E-state index is 12.6. The van der Waals surface area contributed by atoms with Crippen molar-refractivity contribution in [2.75, 3.05) is 12.1 Å². The minimum absolute atomic E-state index is 0.0385. The summed E-state index contributed by atoms with van der Waals surface area (Å²) in [6, 6.07) is 34.3. The number of carboxylic acid groups (broad SMARTS) is 1. The quantitative estimate of drug-likeness (QED) is 0.0959. The molecule has 2 heterocycles. The van der Waals surface area contributed by atoms with Gasteiger partial charge in [0.15, 0.2) is 16.6 Å². The fourth-order valence-electron chi connectivity index (χ4n) is 4.74. The number of aliphatic carboxylic acids is 1. The number of hydrogen-bond acceptors (Lipinski definition) is 9. The van der Waals surface area contributed by atoms with Crippen LogP contribution >= 0.6 is 11.3 Å². The first-order valence-electron chi connectivity index (χ1n) is 12.9. The van der Waals surface area contributed by atoms with Crippen molar-refractivity contribution >= 4 is 34.1 Å². The third kappa shape index (κ3) is 5.18. The van der Waals surface area contributed by atoms with E-state index in [1.807, 2.05) is 91.0 Å². The van der Waals surface area contributed by atoms with Gasteiger partial charge < -0.3 is 24.7 Å². The van der Waals surface area contributed by atoms with Crippen LogP contribution in [0.25, 0.3) is 0 Å². The molecule has 0 fully saturated rings. The Morgan fingerprint density at radius 2 is 1.40 bits per heavy atom. The van der Waals surface area contributed by atoms with E-state index >= 15 is 0 Å². The van der Waals surface area contributed by atoms with Crippen molar-refractivity contribution in [3.8, 4) is 11.5 Å². The molecule has 9 nitrogen and oxygen atoms in total. The Morgan fingerprint density at radius 1 is 0.833 bits per heavy atom. The molecule has 208 valence electrons. The van der Waals surface area contributed by atoms with Crippen molar-refractivity contribution in [3.05, 3.63) is 143 Å². The third-order valence-corrected chi connectivity index (χ3v) is 7.45. The second-order valence-corrected chi connectivity index (χ2v) is 10.1. The zero-order chi connectivity index (χ0) is 28.9. The number of nitrogens with one attached hydrogen (secondary N) is 1. The molecule has 0 atom stereocenters. The standard InChI is InChI=1S/C32H23N3O6S/c36-29(37)28(35-41-30(38)21-16-17-26-27(18-21)40-20-39-26)25-19-42-31(33-25)34-32(22-10-4-1-5-11-22,23-12-6-2-7-13-23)24-14-8-3-9-15-24/h1-19H,20H2,(H,33,34)(H,36,37)/b35-28+. The van der Waals surface area contributed by atoms with Gasteiger partial charge in [0.25, 0.3) is 0 Å². The lowest BCUT2D eigenvalue weighted by molar-refractivity contribution is -0.129. The Kier molecular flexibility index (Phi) is 7.35. The van der Waals surface area contributed by atoms with Gasteiger partial charge in [-0.3, -0.25) is 0 Å². The molecule has 4 aromatic carbocycles.